The molecule has 1 atom stereocenters. The van der Waals surface area contributed by atoms with Gasteiger partial charge in [0.1, 0.15) is 6.04 Å². The van der Waals surface area contributed by atoms with Crippen molar-refractivity contribution in [2.24, 2.45) is 0 Å². The Hall–Kier alpha value is -1.26. The van der Waals surface area contributed by atoms with Gasteiger partial charge in [0.25, 0.3) is 0 Å². The molecule has 0 aromatic rings. The van der Waals surface area contributed by atoms with E-state index in [2.05, 4.69) is 12.2 Å². The fourth-order valence-corrected chi connectivity index (χ4v) is 3.58. The molecule has 0 bridgehead atoms. The molecule has 9 nitrogen and oxygen atoms in total. The molecule has 0 heterocycles. The monoisotopic (exact) mass is 492 g/mol. The van der Waals surface area contributed by atoms with Crippen LogP contribution in [0.1, 0.15) is 96.8 Å². The van der Waals surface area contributed by atoms with E-state index in [0.717, 1.165) is 12.8 Å². The molecule has 0 fully saturated rings. The number of unbranched alkanes of at least 4 members (excludes halogenated alkanes) is 11. The van der Waals surface area contributed by atoms with Crippen LogP contribution >= 0.6 is 0 Å². The normalized spacial score (nSPS) is 11.8. The molecule has 9 heteroatoms. The van der Waals surface area contributed by atoms with Crippen molar-refractivity contribution >= 4 is 11.9 Å². The van der Waals surface area contributed by atoms with E-state index in [9.17, 15) is 9.59 Å². The summed E-state index contributed by atoms with van der Waals surface area (Å²) >= 11 is 0. The van der Waals surface area contributed by atoms with E-state index >= 15 is 0 Å². The van der Waals surface area contributed by atoms with Gasteiger partial charge in [0, 0.05) is 26.1 Å². The quantitative estimate of drug-likeness (QED) is 0.112. The highest BCUT2D eigenvalue weighted by molar-refractivity contribution is 5.75. The first kappa shape index (κ1) is 34.9. The molecule has 0 aliphatic rings. The molecule has 0 amide bonds. The van der Waals surface area contributed by atoms with Gasteiger partial charge in [0.2, 0.25) is 0 Å². The second kappa shape index (κ2) is 28.0. The molecule has 0 radical (unpaired) electrons. The number of aliphatic hydroxyl groups excluding tert-OH is 3. The second-order valence-electron chi connectivity index (χ2n) is 8.68. The number of aliphatic carboxylic acids is 2. The van der Waals surface area contributed by atoms with E-state index in [1.54, 1.807) is 4.90 Å². The zero-order chi connectivity index (χ0) is 25.9. The fraction of sp³-hybridized carbons (Fsp3) is 0.920. The van der Waals surface area contributed by atoms with Crippen molar-refractivity contribution in [3.8, 4) is 0 Å². The van der Waals surface area contributed by atoms with E-state index in [1.165, 1.54) is 64.2 Å². The van der Waals surface area contributed by atoms with Gasteiger partial charge in [-0.1, -0.05) is 77.6 Å². The molecule has 34 heavy (non-hydrogen) atoms. The third-order valence-electron chi connectivity index (χ3n) is 5.61. The lowest BCUT2D eigenvalue weighted by Crippen LogP contribution is -2.37. The van der Waals surface area contributed by atoms with Crippen molar-refractivity contribution in [3.63, 3.8) is 0 Å². The Bertz CT molecular complexity index is 439. The van der Waals surface area contributed by atoms with Gasteiger partial charge >= 0.3 is 11.9 Å². The Morgan fingerprint density at radius 3 is 1.47 bits per heavy atom. The lowest BCUT2D eigenvalue weighted by molar-refractivity contribution is -0.140. The lowest BCUT2D eigenvalue weighted by Gasteiger charge is -2.17. The molecule has 0 saturated carbocycles. The van der Waals surface area contributed by atoms with Gasteiger partial charge in [-0.2, -0.15) is 0 Å². The predicted octanol–water partition coefficient (Wildman–Crippen LogP) is 2.86. The van der Waals surface area contributed by atoms with Gasteiger partial charge < -0.3 is 30.8 Å². The summed E-state index contributed by atoms with van der Waals surface area (Å²) in [5.74, 6) is -1.91. The van der Waals surface area contributed by atoms with Crippen LogP contribution in [0.4, 0.5) is 0 Å². The van der Waals surface area contributed by atoms with Crippen molar-refractivity contribution in [1.29, 1.82) is 0 Å². The van der Waals surface area contributed by atoms with Crippen LogP contribution in [0.5, 0.6) is 0 Å². The van der Waals surface area contributed by atoms with E-state index in [0.29, 0.717) is 26.2 Å². The van der Waals surface area contributed by atoms with E-state index in [-0.39, 0.29) is 32.7 Å². The number of aliphatic hydroxyl groups is 3. The molecule has 6 N–H and O–H groups in total. The summed E-state index contributed by atoms with van der Waals surface area (Å²) < 4.78 is 0. The van der Waals surface area contributed by atoms with E-state index in [1.807, 2.05) is 0 Å². The van der Waals surface area contributed by atoms with Crippen molar-refractivity contribution in [1.82, 2.24) is 10.2 Å². The Kier molecular flexibility index (Phi) is 28.7. The van der Waals surface area contributed by atoms with Crippen LogP contribution in [0.25, 0.3) is 0 Å². The molecule has 0 rings (SSSR count). The first-order valence-electron chi connectivity index (χ1n) is 13.2. The van der Waals surface area contributed by atoms with Crippen LogP contribution in [-0.4, -0.2) is 94.4 Å². The smallest absolute Gasteiger partial charge is 0.320 e. The molecule has 0 aromatic carbocycles. The van der Waals surface area contributed by atoms with Crippen molar-refractivity contribution in [2.75, 3.05) is 46.0 Å². The average molecular weight is 493 g/mol. The summed E-state index contributed by atoms with van der Waals surface area (Å²) in [5.41, 5.74) is 0. The highest BCUT2D eigenvalue weighted by Gasteiger charge is 2.17. The molecule has 0 unspecified atom stereocenters. The van der Waals surface area contributed by atoms with Gasteiger partial charge in [-0.15, -0.1) is 0 Å². The maximum Gasteiger partial charge on any atom is 0.320 e. The van der Waals surface area contributed by atoms with Crippen LogP contribution < -0.4 is 5.32 Å². The molecule has 0 aliphatic carbocycles. The molecular formula is C25H52N2O7. The number of nitrogens with zero attached hydrogens (tertiary/aromatic N) is 1. The van der Waals surface area contributed by atoms with Crippen LogP contribution in [0.2, 0.25) is 0 Å². The van der Waals surface area contributed by atoms with Gasteiger partial charge in [0.15, 0.2) is 0 Å². The van der Waals surface area contributed by atoms with Gasteiger partial charge in [0.05, 0.1) is 19.8 Å². The zero-order valence-corrected chi connectivity index (χ0v) is 21.4. The molecule has 0 aromatic heterocycles. The minimum atomic E-state index is -0.963. The van der Waals surface area contributed by atoms with Crippen LogP contribution in [0, 0.1) is 0 Å². The topological polar surface area (TPSA) is 151 Å². The standard InChI is InChI=1S/C19H37NO4.C6H15NO3/c1-2-3-4-5-6-7-8-9-10-11-12-13-16-20-17(19(23)24)14-15-18(21)22;8-4-1-7(2-5-9)3-6-10/h17,20H,2-16H2,1H3,(H,21,22)(H,23,24);8-10H,1-6H2/t17-;/m0./s1. The molecular weight excluding hydrogens is 440 g/mol. The molecule has 0 spiro atoms. The average Bonchev–Trinajstić information content (AvgIpc) is 2.79. The SMILES string of the molecule is CCCCCCCCCCCCCCN[C@@H](CCC(=O)O)C(=O)O.OCCN(CCO)CCO. The largest absolute Gasteiger partial charge is 0.481 e. The van der Waals surface area contributed by atoms with E-state index < -0.39 is 18.0 Å². The first-order chi connectivity index (χ1) is 16.4. The first-order valence-corrected chi connectivity index (χ1v) is 13.2. The van der Waals surface area contributed by atoms with Crippen molar-refractivity contribution in [3.05, 3.63) is 0 Å². The maximum absolute atomic E-state index is 11.0. The Balaban J connectivity index is 0. The summed E-state index contributed by atoms with van der Waals surface area (Å²) in [7, 11) is 0. The van der Waals surface area contributed by atoms with Gasteiger partial charge in [-0.3, -0.25) is 14.5 Å². The number of carbonyl (C=O) groups is 2. The Labute approximate surface area is 206 Å². The summed E-state index contributed by atoms with van der Waals surface area (Å²) in [6, 6.07) is -0.742. The van der Waals surface area contributed by atoms with Crippen molar-refractivity contribution in [2.45, 2.75) is 103 Å². The highest BCUT2D eigenvalue weighted by atomic mass is 16.4. The summed E-state index contributed by atoms with van der Waals surface area (Å²) in [6.45, 7) is 4.64. The third-order valence-corrected chi connectivity index (χ3v) is 5.61. The number of rotatable bonds is 24. The van der Waals surface area contributed by atoms with Gasteiger partial charge in [-0.25, -0.2) is 0 Å². The summed E-state index contributed by atoms with van der Waals surface area (Å²) in [5, 5.41) is 46.0. The number of nitrogens with one attached hydrogen (secondary N) is 1. The zero-order valence-electron chi connectivity index (χ0n) is 21.4. The van der Waals surface area contributed by atoms with E-state index in [4.69, 9.17) is 25.5 Å². The lowest BCUT2D eigenvalue weighted by atomic mass is 10.1. The Morgan fingerprint density at radius 1 is 0.706 bits per heavy atom. The summed E-state index contributed by atoms with van der Waals surface area (Å²) in [4.78, 5) is 23.3. The fourth-order valence-electron chi connectivity index (χ4n) is 3.58. The number of hydrogen-bond acceptors (Lipinski definition) is 7. The van der Waals surface area contributed by atoms with Crippen LogP contribution in [0.3, 0.4) is 0 Å². The van der Waals surface area contributed by atoms with Crippen molar-refractivity contribution < 1.29 is 35.1 Å². The molecule has 204 valence electrons. The minimum Gasteiger partial charge on any atom is -0.481 e. The predicted molar refractivity (Wildman–Crippen MR) is 135 cm³/mol. The maximum atomic E-state index is 11.0. The second-order valence-corrected chi connectivity index (χ2v) is 8.68. The number of hydrogen-bond donors (Lipinski definition) is 6. The Morgan fingerprint density at radius 2 is 1.12 bits per heavy atom. The number of carboxylic acids is 2. The minimum absolute atomic E-state index is 0.0694. The highest BCUT2D eigenvalue weighted by Crippen LogP contribution is 2.11. The molecule has 0 saturated heterocycles. The van der Waals surface area contributed by atoms with Crippen LogP contribution in [-0.2, 0) is 9.59 Å². The molecule has 0 aliphatic heterocycles. The van der Waals surface area contributed by atoms with Gasteiger partial charge in [-0.05, 0) is 19.4 Å². The summed E-state index contributed by atoms with van der Waals surface area (Å²) in [6.07, 6.45) is 15.4. The van der Waals surface area contributed by atoms with Crippen LogP contribution in [0.15, 0.2) is 0 Å². The third kappa shape index (κ3) is 27.0. The number of carboxylic acid groups (broad SMARTS) is 2.